The van der Waals surface area contributed by atoms with Gasteiger partial charge in [0, 0.05) is 23.7 Å². The van der Waals surface area contributed by atoms with E-state index in [0.717, 1.165) is 22.9 Å². The molecule has 1 aliphatic carbocycles. The van der Waals surface area contributed by atoms with E-state index in [4.69, 9.17) is 4.74 Å². The van der Waals surface area contributed by atoms with Crippen molar-refractivity contribution >= 4 is 27.7 Å². The minimum absolute atomic E-state index is 0.0362. The molecule has 2 N–H and O–H groups in total. The summed E-state index contributed by atoms with van der Waals surface area (Å²) in [5, 5.41) is 5.93. The molecule has 0 bridgehead atoms. The molecule has 26 heavy (non-hydrogen) atoms. The molecule has 1 saturated heterocycles. The van der Waals surface area contributed by atoms with Crippen LogP contribution in [0.25, 0.3) is 0 Å². The number of hydrogen-bond donors (Lipinski definition) is 2. The van der Waals surface area contributed by atoms with E-state index in [0.29, 0.717) is 26.1 Å². The van der Waals surface area contributed by atoms with Gasteiger partial charge in [-0.1, -0.05) is 47.3 Å². The zero-order valence-corrected chi connectivity index (χ0v) is 16.6. The third-order valence-corrected chi connectivity index (χ3v) is 6.09. The highest BCUT2D eigenvalue weighted by atomic mass is 79.9. The van der Waals surface area contributed by atoms with E-state index >= 15 is 0 Å². The second-order valence-electron chi connectivity index (χ2n) is 7.29. The molecular formula is C20H27BrN2O3. The van der Waals surface area contributed by atoms with Crippen LogP contribution in [0, 0.1) is 0 Å². The van der Waals surface area contributed by atoms with E-state index in [9.17, 15) is 9.59 Å². The van der Waals surface area contributed by atoms with Crippen molar-refractivity contribution in [2.24, 2.45) is 0 Å². The Hall–Kier alpha value is -1.40. The number of nitrogens with one attached hydrogen (secondary N) is 2. The highest BCUT2D eigenvalue weighted by molar-refractivity contribution is 9.10. The largest absolute Gasteiger partial charge is 0.381 e. The number of carbonyl (C=O) groups is 2. The van der Waals surface area contributed by atoms with Gasteiger partial charge in [-0.15, -0.1) is 0 Å². The number of amides is 2. The number of halogens is 1. The van der Waals surface area contributed by atoms with Crippen molar-refractivity contribution in [3.05, 3.63) is 34.3 Å². The van der Waals surface area contributed by atoms with E-state index in [1.54, 1.807) is 0 Å². The maximum absolute atomic E-state index is 13.0. The molecule has 142 valence electrons. The first-order chi connectivity index (χ1) is 12.6. The van der Waals surface area contributed by atoms with Crippen LogP contribution >= 0.6 is 15.9 Å². The molecule has 0 atom stereocenters. The minimum atomic E-state index is -0.621. The van der Waals surface area contributed by atoms with Gasteiger partial charge in [0.15, 0.2) is 0 Å². The van der Waals surface area contributed by atoms with Gasteiger partial charge in [0.1, 0.15) is 0 Å². The van der Waals surface area contributed by atoms with Gasteiger partial charge >= 0.3 is 0 Å². The Morgan fingerprint density at radius 2 is 1.73 bits per heavy atom. The lowest BCUT2D eigenvalue weighted by atomic mass is 9.73. The molecule has 0 unspecified atom stereocenters. The third kappa shape index (κ3) is 4.65. The quantitative estimate of drug-likeness (QED) is 0.765. The highest BCUT2D eigenvalue weighted by Gasteiger charge is 2.41. The molecule has 1 saturated carbocycles. The fourth-order valence-corrected chi connectivity index (χ4v) is 4.26. The lowest BCUT2D eigenvalue weighted by Gasteiger charge is -2.36. The van der Waals surface area contributed by atoms with Crippen LogP contribution in [0.5, 0.6) is 0 Å². The van der Waals surface area contributed by atoms with E-state index in [2.05, 4.69) is 26.6 Å². The average molecular weight is 423 g/mol. The van der Waals surface area contributed by atoms with Crippen LogP contribution in [-0.2, 0) is 19.7 Å². The van der Waals surface area contributed by atoms with E-state index in [1.807, 2.05) is 24.3 Å². The second kappa shape index (κ2) is 9.00. The second-order valence-corrected chi connectivity index (χ2v) is 8.20. The summed E-state index contributed by atoms with van der Waals surface area (Å²) in [5.41, 5.74) is 0.360. The lowest BCUT2D eigenvalue weighted by Crippen LogP contribution is -2.51. The molecule has 0 radical (unpaired) electrons. The molecule has 1 heterocycles. The summed E-state index contributed by atoms with van der Waals surface area (Å²) in [6.45, 7) is 1.14. The Morgan fingerprint density at radius 1 is 1.08 bits per heavy atom. The van der Waals surface area contributed by atoms with Crippen LogP contribution in [0.4, 0.5) is 0 Å². The van der Waals surface area contributed by atoms with Gasteiger partial charge in [-0.2, -0.15) is 0 Å². The number of benzene rings is 1. The topological polar surface area (TPSA) is 67.4 Å². The summed E-state index contributed by atoms with van der Waals surface area (Å²) in [6, 6.07) is 8.14. The summed E-state index contributed by atoms with van der Waals surface area (Å²) >= 11 is 3.44. The number of ether oxygens (including phenoxy) is 1. The summed E-state index contributed by atoms with van der Waals surface area (Å²) in [7, 11) is 0. The molecule has 1 aromatic rings. The molecule has 5 nitrogen and oxygen atoms in total. The van der Waals surface area contributed by atoms with Crippen molar-refractivity contribution in [3.63, 3.8) is 0 Å². The smallest absolute Gasteiger partial charge is 0.239 e. The van der Waals surface area contributed by atoms with Crippen molar-refractivity contribution in [2.45, 2.75) is 56.4 Å². The number of carbonyl (C=O) groups excluding carboxylic acids is 2. The van der Waals surface area contributed by atoms with Gasteiger partial charge in [0.25, 0.3) is 0 Å². The number of rotatable bonds is 5. The minimum Gasteiger partial charge on any atom is -0.381 e. The predicted molar refractivity (Wildman–Crippen MR) is 104 cm³/mol. The van der Waals surface area contributed by atoms with Gasteiger partial charge in [-0.3, -0.25) is 9.59 Å². The average Bonchev–Trinajstić information content (AvgIpc) is 2.68. The summed E-state index contributed by atoms with van der Waals surface area (Å²) in [4.78, 5) is 25.3. The fourth-order valence-electron chi connectivity index (χ4n) is 3.99. The van der Waals surface area contributed by atoms with Crippen LogP contribution in [0.1, 0.15) is 50.5 Å². The molecule has 6 heteroatoms. The van der Waals surface area contributed by atoms with Crippen molar-refractivity contribution < 1.29 is 14.3 Å². The molecule has 3 rings (SSSR count). The Kier molecular flexibility index (Phi) is 6.70. The standard InChI is InChI=1S/C20H27BrN2O3/c21-16-8-6-15(7-9-16)20(10-12-26-13-11-20)19(25)22-14-18(24)23-17-4-2-1-3-5-17/h6-9,17H,1-5,10-14H2,(H,22,25)(H,23,24). The molecule has 1 aliphatic heterocycles. The first-order valence-electron chi connectivity index (χ1n) is 9.52. The van der Waals surface area contributed by atoms with Gasteiger partial charge in [-0.05, 0) is 43.4 Å². The summed E-state index contributed by atoms with van der Waals surface area (Å²) < 4.78 is 6.46. The van der Waals surface area contributed by atoms with Gasteiger partial charge in [-0.25, -0.2) is 0 Å². The fraction of sp³-hybridized carbons (Fsp3) is 0.600. The van der Waals surface area contributed by atoms with Crippen LogP contribution in [-0.4, -0.2) is 37.6 Å². The first kappa shape index (κ1) is 19.4. The molecule has 2 fully saturated rings. The highest BCUT2D eigenvalue weighted by Crippen LogP contribution is 2.35. The zero-order valence-electron chi connectivity index (χ0n) is 15.1. The molecular weight excluding hydrogens is 396 g/mol. The van der Waals surface area contributed by atoms with Crippen LogP contribution < -0.4 is 10.6 Å². The van der Waals surface area contributed by atoms with Crippen LogP contribution in [0.3, 0.4) is 0 Å². The van der Waals surface area contributed by atoms with Crippen LogP contribution in [0.15, 0.2) is 28.7 Å². The number of hydrogen-bond acceptors (Lipinski definition) is 3. The Balaban J connectivity index is 1.62. The normalized spacial score (nSPS) is 20.3. The molecule has 1 aromatic carbocycles. The van der Waals surface area contributed by atoms with Gasteiger partial charge in [0.05, 0.1) is 12.0 Å². The Morgan fingerprint density at radius 3 is 2.38 bits per heavy atom. The lowest BCUT2D eigenvalue weighted by molar-refractivity contribution is -0.133. The summed E-state index contributed by atoms with van der Waals surface area (Å²) in [6.07, 6.45) is 6.93. The third-order valence-electron chi connectivity index (χ3n) is 5.56. The van der Waals surface area contributed by atoms with E-state index < -0.39 is 5.41 Å². The van der Waals surface area contributed by atoms with Gasteiger partial charge < -0.3 is 15.4 Å². The van der Waals surface area contributed by atoms with Crippen LogP contribution in [0.2, 0.25) is 0 Å². The summed E-state index contributed by atoms with van der Waals surface area (Å²) in [5.74, 6) is -0.176. The zero-order chi connectivity index (χ0) is 18.4. The van der Waals surface area contributed by atoms with Crippen molar-refractivity contribution in [3.8, 4) is 0 Å². The predicted octanol–water partition coefficient (Wildman–Crippen LogP) is 3.06. The molecule has 0 spiro atoms. The molecule has 2 aliphatic rings. The maximum atomic E-state index is 13.0. The van der Waals surface area contributed by atoms with E-state index in [-0.39, 0.29) is 24.4 Å². The monoisotopic (exact) mass is 422 g/mol. The Bertz CT molecular complexity index is 620. The molecule has 0 aromatic heterocycles. The first-order valence-corrected chi connectivity index (χ1v) is 10.3. The van der Waals surface area contributed by atoms with Crippen molar-refractivity contribution in [1.29, 1.82) is 0 Å². The maximum Gasteiger partial charge on any atom is 0.239 e. The van der Waals surface area contributed by atoms with E-state index in [1.165, 1.54) is 19.3 Å². The SMILES string of the molecule is O=C(CNC(=O)C1(c2ccc(Br)cc2)CCOCC1)NC1CCCCC1. The van der Waals surface area contributed by atoms with Gasteiger partial charge in [0.2, 0.25) is 11.8 Å². The Labute approximate surface area is 163 Å². The molecule has 2 amide bonds. The van der Waals surface area contributed by atoms with Crippen molar-refractivity contribution in [2.75, 3.05) is 19.8 Å². The van der Waals surface area contributed by atoms with Crippen molar-refractivity contribution in [1.82, 2.24) is 10.6 Å².